The van der Waals surface area contributed by atoms with E-state index in [0.717, 1.165) is 23.2 Å². The van der Waals surface area contributed by atoms with Crippen LogP contribution in [-0.4, -0.2) is 22.1 Å². The van der Waals surface area contributed by atoms with Gasteiger partial charge in [-0.15, -0.1) is 0 Å². The number of fused-ring (bicyclic) bond motifs is 1. The number of imidazole rings is 1. The van der Waals surface area contributed by atoms with E-state index in [1.807, 2.05) is 4.57 Å². The number of carbonyl (C=O) groups excluding carboxylic acids is 1. The van der Waals surface area contributed by atoms with Crippen LogP contribution in [0.1, 0.15) is 34.0 Å². The molecule has 182 valence electrons. The van der Waals surface area contributed by atoms with Gasteiger partial charge >= 0.3 is 12.1 Å². The number of halogens is 5. The Morgan fingerprint density at radius 3 is 2.37 bits per heavy atom. The molecule has 0 aliphatic rings. The number of ether oxygens (including phenoxy) is 1. The van der Waals surface area contributed by atoms with E-state index >= 15 is 0 Å². The van der Waals surface area contributed by atoms with Crippen molar-refractivity contribution in [1.29, 1.82) is 0 Å². The van der Waals surface area contributed by atoms with Crippen LogP contribution >= 0.6 is 35.0 Å². The fourth-order valence-corrected chi connectivity index (χ4v) is 5.26. The molecule has 0 fully saturated rings. The maximum Gasteiger partial charge on any atom is 0.416 e. The number of nitrogens with zero attached hydrogens (tertiary/aromatic N) is 2. The van der Waals surface area contributed by atoms with Gasteiger partial charge in [-0.2, -0.15) is 13.2 Å². The molecule has 0 bridgehead atoms. The normalized spacial score (nSPS) is 11.7. The average Bonchev–Trinajstić information content (AvgIpc) is 3.15. The van der Waals surface area contributed by atoms with E-state index < -0.39 is 17.7 Å². The van der Waals surface area contributed by atoms with Crippen molar-refractivity contribution < 1.29 is 22.7 Å². The summed E-state index contributed by atoms with van der Waals surface area (Å²) < 4.78 is 45.9. The highest BCUT2D eigenvalue weighted by Gasteiger charge is 2.30. The molecule has 0 saturated heterocycles. The second kappa shape index (κ2) is 10.5. The first-order chi connectivity index (χ1) is 16.7. The van der Waals surface area contributed by atoms with E-state index in [0.29, 0.717) is 37.6 Å². The van der Waals surface area contributed by atoms with Crippen molar-refractivity contribution in [3.63, 3.8) is 0 Å². The SMILES string of the molecule is CCOC(=O)c1ccc2c(c1)nc(SCc1c(Cl)cccc1Cl)n2Cc1ccc(C(F)(F)F)cc1. The first kappa shape index (κ1) is 25.4. The number of hydrogen-bond donors (Lipinski definition) is 0. The smallest absolute Gasteiger partial charge is 0.416 e. The topological polar surface area (TPSA) is 44.1 Å². The number of hydrogen-bond acceptors (Lipinski definition) is 4. The van der Waals surface area contributed by atoms with Gasteiger partial charge in [0.2, 0.25) is 0 Å². The Bertz CT molecular complexity index is 1350. The van der Waals surface area contributed by atoms with Crippen LogP contribution in [0.25, 0.3) is 11.0 Å². The molecule has 0 N–H and O–H groups in total. The summed E-state index contributed by atoms with van der Waals surface area (Å²) in [5, 5.41) is 1.66. The molecule has 4 rings (SSSR count). The first-order valence-electron chi connectivity index (χ1n) is 10.6. The zero-order valence-electron chi connectivity index (χ0n) is 18.4. The van der Waals surface area contributed by atoms with E-state index in [2.05, 4.69) is 0 Å². The molecule has 0 amide bonds. The number of thioether (sulfide) groups is 1. The molecule has 1 aromatic heterocycles. The monoisotopic (exact) mass is 538 g/mol. The lowest BCUT2D eigenvalue weighted by Gasteiger charge is -2.12. The summed E-state index contributed by atoms with van der Waals surface area (Å²) in [4.78, 5) is 16.9. The second-order valence-corrected chi connectivity index (χ2v) is 9.34. The van der Waals surface area contributed by atoms with Gasteiger partial charge < -0.3 is 9.30 Å². The minimum atomic E-state index is -4.40. The number of alkyl halides is 3. The Morgan fingerprint density at radius 1 is 1.06 bits per heavy atom. The summed E-state index contributed by atoms with van der Waals surface area (Å²) in [6, 6.07) is 15.3. The van der Waals surface area contributed by atoms with Crippen LogP contribution in [0.15, 0.2) is 65.8 Å². The number of rotatable bonds is 7. The molecule has 0 aliphatic carbocycles. The molecule has 35 heavy (non-hydrogen) atoms. The highest BCUT2D eigenvalue weighted by atomic mass is 35.5. The Morgan fingerprint density at radius 2 is 1.74 bits per heavy atom. The molecule has 0 radical (unpaired) electrons. The Kier molecular flexibility index (Phi) is 7.64. The van der Waals surface area contributed by atoms with Gasteiger partial charge in [0.05, 0.1) is 35.3 Å². The van der Waals surface area contributed by atoms with Crippen LogP contribution in [0.5, 0.6) is 0 Å². The fraction of sp³-hybridized carbons (Fsp3) is 0.200. The van der Waals surface area contributed by atoms with Gasteiger partial charge in [0, 0.05) is 15.8 Å². The van der Waals surface area contributed by atoms with Crippen LogP contribution in [0, 0.1) is 0 Å². The number of aromatic nitrogens is 2. The largest absolute Gasteiger partial charge is 0.462 e. The van der Waals surface area contributed by atoms with Crippen molar-refractivity contribution >= 4 is 52.0 Å². The van der Waals surface area contributed by atoms with Crippen molar-refractivity contribution in [1.82, 2.24) is 9.55 Å². The van der Waals surface area contributed by atoms with E-state index in [4.69, 9.17) is 32.9 Å². The minimum Gasteiger partial charge on any atom is -0.462 e. The van der Waals surface area contributed by atoms with Crippen molar-refractivity contribution in [2.45, 2.75) is 30.6 Å². The van der Waals surface area contributed by atoms with Gasteiger partial charge in [-0.3, -0.25) is 0 Å². The molecule has 0 unspecified atom stereocenters. The molecule has 0 atom stereocenters. The van der Waals surface area contributed by atoms with Gasteiger partial charge in [-0.05, 0) is 60.5 Å². The molecular weight excluding hydrogens is 520 g/mol. The third kappa shape index (κ3) is 5.77. The van der Waals surface area contributed by atoms with E-state index in [1.165, 1.54) is 23.9 Å². The molecule has 10 heteroatoms. The third-order valence-corrected chi connectivity index (χ3v) is 6.96. The Balaban J connectivity index is 1.71. The van der Waals surface area contributed by atoms with Gasteiger partial charge in [0.25, 0.3) is 0 Å². The summed E-state index contributed by atoms with van der Waals surface area (Å²) in [5.41, 5.74) is 2.37. The van der Waals surface area contributed by atoms with Crippen LogP contribution in [0.3, 0.4) is 0 Å². The summed E-state index contributed by atoms with van der Waals surface area (Å²) in [6.07, 6.45) is -4.40. The van der Waals surface area contributed by atoms with Crippen LogP contribution in [-0.2, 0) is 23.2 Å². The van der Waals surface area contributed by atoms with Crippen molar-refractivity contribution in [2.75, 3.05) is 6.61 Å². The fourth-order valence-electron chi connectivity index (χ4n) is 3.50. The molecule has 4 nitrogen and oxygen atoms in total. The van der Waals surface area contributed by atoms with Crippen LogP contribution in [0.4, 0.5) is 13.2 Å². The van der Waals surface area contributed by atoms with Crippen molar-refractivity contribution in [3.05, 3.63) is 93.0 Å². The molecular formula is C25H19Cl2F3N2O2S. The zero-order chi connectivity index (χ0) is 25.2. The lowest BCUT2D eigenvalue weighted by Crippen LogP contribution is -2.06. The van der Waals surface area contributed by atoms with Gasteiger partial charge in [-0.25, -0.2) is 9.78 Å². The molecule has 4 aromatic rings. The molecule has 0 aliphatic heterocycles. The highest BCUT2D eigenvalue weighted by molar-refractivity contribution is 7.98. The summed E-state index contributed by atoms with van der Waals surface area (Å²) >= 11 is 14.0. The number of esters is 1. The van der Waals surface area contributed by atoms with E-state index in [-0.39, 0.29) is 13.2 Å². The number of benzene rings is 3. The Hall–Kier alpha value is -2.68. The average molecular weight is 539 g/mol. The second-order valence-electron chi connectivity index (χ2n) is 7.59. The van der Waals surface area contributed by atoms with Gasteiger partial charge in [0.1, 0.15) is 0 Å². The molecule has 1 heterocycles. The number of carbonyl (C=O) groups is 1. The maximum absolute atomic E-state index is 13.0. The lowest BCUT2D eigenvalue weighted by molar-refractivity contribution is -0.137. The standard InChI is InChI=1S/C25H19Cl2F3N2O2S/c1-2-34-23(33)16-8-11-22-21(12-16)31-24(35-14-18-19(26)4-3-5-20(18)27)32(22)13-15-6-9-17(10-7-15)25(28,29)30/h3-12H,2,13-14H2,1H3. The van der Waals surface area contributed by atoms with E-state index in [9.17, 15) is 18.0 Å². The summed E-state index contributed by atoms with van der Waals surface area (Å²) in [6.45, 7) is 2.26. The van der Waals surface area contributed by atoms with Gasteiger partial charge in [0.15, 0.2) is 5.16 Å². The van der Waals surface area contributed by atoms with Crippen LogP contribution in [0.2, 0.25) is 10.0 Å². The minimum absolute atomic E-state index is 0.249. The first-order valence-corrected chi connectivity index (χ1v) is 12.3. The lowest BCUT2D eigenvalue weighted by atomic mass is 10.1. The molecule has 0 saturated carbocycles. The third-order valence-electron chi connectivity index (χ3n) is 5.25. The molecule has 0 spiro atoms. The summed E-state index contributed by atoms with van der Waals surface area (Å²) in [5.74, 6) is -0.0247. The zero-order valence-corrected chi connectivity index (χ0v) is 20.7. The predicted molar refractivity (Wildman–Crippen MR) is 132 cm³/mol. The molecule has 3 aromatic carbocycles. The van der Waals surface area contributed by atoms with Gasteiger partial charge in [-0.1, -0.05) is 53.2 Å². The van der Waals surface area contributed by atoms with Crippen molar-refractivity contribution in [2.24, 2.45) is 0 Å². The van der Waals surface area contributed by atoms with Crippen molar-refractivity contribution in [3.8, 4) is 0 Å². The quantitative estimate of drug-likeness (QED) is 0.177. The van der Waals surface area contributed by atoms with Crippen LogP contribution < -0.4 is 0 Å². The summed E-state index contributed by atoms with van der Waals surface area (Å²) in [7, 11) is 0. The Labute approximate surface area is 214 Å². The predicted octanol–water partition coefficient (Wildman–Crippen LogP) is 7.88. The highest BCUT2D eigenvalue weighted by Crippen LogP contribution is 2.34. The van der Waals surface area contributed by atoms with E-state index in [1.54, 1.807) is 43.3 Å². The maximum atomic E-state index is 13.0.